The first-order chi connectivity index (χ1) is 17.7. The van der Waals surface area contributed by atoms with Crippen molar-refractivity contribution < 1.29 is 22.7 Å². The number of rotatable bonds is 7. The van der Waals surface area contributed by atoms with Gasteiger partial charge in [-0.05, 0) is 18.2 Å². The number of pyridine rings is 2. The maximum Gasteiger partial charge on any atom is 0.253 e. The number of fused-ring (bicyclic) bond motifs is 1. The smallest absolute Gasteiger partial charge is 0.253 e. The fourth-order valence-corrected chi connectivity index (χ4v) is 4.86. The van der Waals surface area contributed by atoms with Gasteiger partial charge in [-0.2, -0.15) is 5.10 Å². The molecule has 0 aliphatic carbocycles. The molecule has 1 N–H and O–H groups in total. The van der Waals surface area contributed by atoms with E-state index in [0.717, 1.165) is 11.6 Å². The van der Waals surface area contributed by atoms with E-state index < -0.39 is 10.0 Å². The molecular weight excluding hydrogens is 496 g/mol. The number of methoxy groups -OCH3 is 1. The van der Waals surface area contributed by atoms with E-state index in [1.165, 1.54) is 7.11 Å². The summed E-state index contributed by atoms with van der Waals surface area (Å²) in [7, 11) is -0.368. The Balaban J connectivity index is 1.45. The average Bonchev–Trinajstić information content (AvgIpc) is 3.50. The third-order valence-corrected chi connectivity index (χ3v) is 6.64. The molecule has 12 heteroatoms. The second-order valence-corrected chi connectivity index (χ2v) is 10.6. The predicted octanol–water partition coefficient (Wildman–Crippen LogP) is 2.70. The number of nitrogens with zero attached hydrogens (tertiary/aromatic N) is 5. The first-order valence-electron chi connectivity index (χ1n) is 11.6. The summed E-state index contributed by atoms with van der Waals surface area (Å²) in [6.07, 6.45) is 4.77. The lowest BCUT2D eigenvalue weighted by Crippen LogP contribution is -2.30. The number of nitrogens with one attached hydrogen (secondary N) is 1. The van der Waals surface area contributed by atoms with Crippen LogP contribution in [0, 0.1) is 0 Å². The van der Waals surface area contributed by atoms with Crippen molar-refractivity contribution in [1.29, 1.82) is 0 Å². The lowest BCUT2D eigenvalue weighted by molar-refractivity contribution is 0.0773. The maximum absolute atomic E-state index is 12.9. The van der Waals surface area contributed by atoms with Crippen LogP contribution in [0.25, 0.3) is 22.3 Å². The summed E-state index contributed by atoms with van der Waals surface area (Å²) in [5, 5.41) is 5.06. The number of amides is 1. The molecule has 0 bridgehead atoms. The van der Waals surface area contributed by atoms with Gasteiger partial charge in [-0.15, -0.1) is 0 Å². The maximum atomic E-state index is 12.9. The SMILES string of the molecule is COc1ncc(-c2cc(O[C@@H]3CCN(C(=O)c4ccccc4)C3)c3cnn(C)c3n2)cc1NS(C)(=O)=O. The van der Waals surface area contributed by atoms with E-state index in [1.807, 2.05) is 18.2 Å². The highest BCUT2D eigenvalue weighted by Crippen LogP contribution is 2.34. The van der Waals surface area contributed by atoms with Gasteiger partial charge in [0.1, 0.15) is 17.5 Å². The Labute approximate surface area is 214 Å². The van der Waals surface area contributed by atoms with Gasteiger partial charge in [-0.25, -0.2) is 18.4 Å². The van der Waals surface area contributed by atoms with Gasteiger partial charge in [0.25, 0.3) is 5.91 Å². The van der Waals surface area contributed by atoms with Crippen molar-refractivity contribution in [2.45, 2.75) is 12.5 Å². The van der Waals surface area contributed by atoms with Gasteiger partial charge in [0.05, 0.1) is 37.2 Å². The molecular formula is C25H26N6O5S. The van der Waals surface area contributed by atoms with Crippen molar-refractivity contribution in [2.75, 3.05) is 31.2 Å². The highest BCUT2D eigenvalue weighted by molar-refractivity contribution is 7.92. The summed E-state index contributed by atoms with van der Waals surface area (Å²) in [6.45, 7) is 1.05. The molecule has 4 heterocycles. The highest BCUT2D eigenvalue weighted by atomic mass is 32.2. The summed E-state index contributed by atoms with van der Waals surface area (Å²) in [5.41, 5.74) is 2.52. The lowest BCUT2D eigenvalue weighted by atomic mass is 10.1. The quantitative estimate of drug-likeness (QED) is 0.392. The van der Waals surface area contributed by atoms with Crippen molar-refractivity contribution in [1.82, 2.24) is 24.6 Å². The average molecular weight is 523 g/mol. The van der Waals surface area contributed by atoms with Crippen molar-refractivity contribution in [3.8, 4) is 22.9 Å². The molecule has 11 nitrogen and oxygen atoms in total. The highest BCUT2D eigenvalue weighted by Gasteiger charge is 2.29. The monoisotopic (exact) mass is 522 g/mol. The van der Waals surface area contributed by atoms with Gasteiger partial charge in [0, 0.05) is 43.4 Å². The number of carbonyl (C=O) groups excluding carboxylic acids is 1. The van der Waals surface area contributed by atoms with Gasteiger partial charge in [0.15, 0.2) is 5.65 Å². The molecule has 1 amide bonds. The van der Waals surface area contributed by atoms with Crippen LogP contribution in [0.3, 0.4) is 0 Å². The van der Waals surface area contributed by atoms with Gasteiger partial charge in [-0.1, -0.05) is 18.2 Å². The number of benzene rings is 1. The van der Waals surface area contributed by atoms with Crippen LogP contribution in [0.15, 0.2) is 54.9 Å². The molecule has 3 aromatic heterocycles. The van der Waals surface area contributed by atoms with Gasteiger partial charge in [-0.3, -0.25) is 14.2 Å². The zero-order valence-electron chi connectivity index (χ0n) is 20.6. The molecule has 1 saturated heterocycles. The number of carbonyl (C=O) groups is 1. The third kappa shape index (κ3) is 5.19. The zero-order valence-corrected chi connectivity index (χ0v) is 21.4. The van der Waals surface area contributed by atoms with Gasteiger partial charge >= 0.3 is 0 Å². The fourth-order valence-electron chi connectivity index (χ4n) is 4.31. The Bertz CT molecular complexity index is 1570. The Morgan fingerprint density at radius 1 is 1.16 bits per heavy atom. The normalized spacial score (nSPS) is 15.6. The number of hydrogen-bond acceptors (Lipinski definition) is 8. The fraction of sp³-hybridized carbons (Fsp3) is 0.280. The molecule has 4 aromatic rings. The molecule has 1 aromatic carbocycles. The van der Waals surface area contributed by atoms with E-state index >= 15 is 0 Å². The van der Waals surface area contributed by atoms with E-state index in [0.29, 0.717) is 47.7 Å². The molecule has 1 aliphatic heterocycles. The summed E-state index contributed by atoms with van der Waals surface area (Å²) in [4.78, 5) is 23.6. The van der Waals surface area contributed by atoms with Crippen LogP contribution in [0.1, 0.15) is 16.8 Å². The second kappa shape index (κ2) is 9.69. The Morgan fingerprint density at radius 2 is 1.95 bits per heavy atom. The van der Waals surface area contributed by atoms with Crippen molar-refractivity contribution in [3.63, 3.8) is 0 Å². The summed E-state index contributed by atoms with van der Waals surface area (Å²) in [6, 6.07) is 12.6. The van der Waals surface area contributed by atoms with Crippen LogP contribution in [-0.4, -0.2) is 71.5 Å². The van der Waals surface area contributed by atoms with Gasteiger partial charge < -0.3 is 14.4 Å². The molecule has 0 saturated carbocycles. The van der Waals surface area contributed by atoms with Crippen LogP contribution in [0.4, 0.5) is 5.69 Å². The van der Waals surface area contributed by atoms with Crippen LogP contribution < -0.4 is 14.2 Å². The van der Waals surface area contributed by atoms with Crippen molar-refractivity contribution in [3.05, 3.63) is 60.4 Å². The third-order valence-electron chi connectivity index (χ3n) is 6.05. The number of aryl methyl sites for hydroxylation is 1. The summed E-state index contributed by atoms with van der Waals surface area (Å²) < 4.78 is 39.3. The zero-order chi connectivity index (χ0) is 26.2. The number of aromatic nitrogens is 4. The standard InChI is InChI=1S/C25H26N6O5S/c1-30-23-19(14-27-30)22(36-18-9-10-31(15-18)25(32)16-7-5-4-6-8-16)12-20(28-23)17-11-21(29-37(3,33)34)24(35-2)26-13-17/h4-8,11-14,18,29H,9-10,15H2,1-3H3/t18-/m1/s1. The van der Waals surface area contributed by atoms with E-state index in [1.54, 1.807) is 53.3 Å². The topological polar surface area (TPSA) is 129 Å². The molecule has 1 atom stereocenters. The Hall–Kier alpha value is -4.19. The Morgan fingerprint density at radius 3 is 2.68 bits per heavy atom. The summed E-state index contributed by atoms with van der Waals surface area (Å²) in [5.74, 6) is 0.686. The van der Waals surface area contributed by atoms with E-state index in [9.17, 15) is 13.2 Å². The van der Waals surface area contributed by atoms with Crippen LogP contribution >= 0.6 is 0 Å². The molecule has 0 unspecified atom stereocenters. The number of ether oxygens (including phenoxy) is 2. The largest absolute Gasteiger partial charge is 0.488 e. The van der Waals surface area contributed by atoms with Crippen LogP contribution in [0.5, 0.6) is 11.6 Å². The minimum absolute atomic E-state index is 0.0242. The van der Waals surface area contributed by atoms with Crippen LogP contribution in [-0.2, 0) is 17.1 Å². The molecule has 37 heavy (non-hydrogen) atoms. The number of sulfonamides is 1. The number of anilines is 1. The van der Waals surface area contributed by atoms with Gasteiger partial charge in [0.2, 0.25) is 15.9 Å². The number of likely N-dealkylation sites (tertiary alicyclic amines) is 1. The molecule has 0 radical (unpaired) electrons. The second-order valence-electron chi connectivity index (χ2n) is 8.81. The number of hydrogen-bond donors (Lipinski definition) is 1. The summed E-state index contributed by atoms with van der Waals surface area (Å²) >= 11 is 0. The Kier molecular flexibility index (Phi) is 6.42. The molecule has 1 fully saturated rings. The molecule has 192 valence electrons. The first-order valence-corrected chi connectivity index (χ1v) is 13.5. The molecule has 5 rings (SSSR count). The first kappa shape index (κ1) is 24.5. The predicted molar refractivity (Wildman–Crippen MR) is 138 cm³/mol. The van der Waals surface area contributed by atoms with E-state index in [4.69, 9.17) is 14.5 Å². The van der Waals surface area contributed by atoms with Crippen molar-refractivity contribution >= 4 is 32.7 Å². The van der Waals surface area contributed by atoms with Crippen molar-refractivity contribution in [2.24, 2.45) is 7.05 Å². The minimum Gasteiger partial charge on any atom is -0.488 e. The van der Waals surface area contributed by atoms with Crippen LogP contribution in [0.2, 0.25) is 0 Å². The lowest BCUT2D eigenvalue weighted by Gasteiger charge is -2.18. The molecule has 0 spiro atoms. The van der Waals surface area contributed by atoms with E-state index in [-0.39, 0.29) is 23.6 Å². The minimum atomic E-state index is -3.56. The molecule has 1 aliphatic rings. The van der Waals surface area contributed by atoms with E-state index in [2.05, 4.69) is 14.8 Å².